The molecule has 0 spiro atoms. The first-order valence-electron chi connectivity index (χ1n) is 5.22. The van der Waals surface area contributed by atoms with Crippen molar-refractivity contribution in [1.82, 2.24) is 5.32 Å². The van der Waals surface area contributed by atoms with E-state index in [-0.39, 0.29) is 0 Å². The maximum Gasteiger partial charge on any atom is 0.0299 e. The summed E-state index contributed by atoms with van der Waals surface area (Å²) in [5.74, 6) is 0. The van der Waals surface area contributed by atoms with Gasteiger partial charge in [0.1, 0.15) is 0 Å². The molecule has 0 saturated carbocycles. The van der Waals surface area contributed by atoms with Crippen molar-refractivity contribution >= 4 is 15.9 Å². The second-order valence-electron chi connectivity index (χ2n) is 3.71. The van der Waals surface area contributed by atoms with Crippen LogP contribution in [0.1, 0.15) is 45.4 Å². The van der Waals surface area contributed by atoms with Gasteiger partial charge in [0.2, 0.25) is 0 Å². The molecule has 0 radical (unpaired) electrons. The van der Waals surface area contributed by atoms with Crippen LogP contribution in [0.2, 0.25) is 0 Å². The number of hydrogen-bond donors (Lipinski definition) is 1. The topological polar surface area (TPSA) is 12.0 Å². The second kappa shape index (κ2) is 5.98. The van der Waals surface area contributed by atoms with Crippen molar-refractivity contribution < 1.29 is 0 Å². The van der Waals surface area contributed by atoms with Gasteiger partial charge in [-0.15, -0.1) is 0 Å². The zero-order valence-corrected chi connectivity index (χ0v) is 9.57. The van der Waals surface area contributed by atoms with Gasteiger partial charge >= 0.3 is 0 Å². The Morgan fingerprint density at radius 2 is 2.33 bits per heavy atom. The van der Waals surface area contributed by atoms with Gasteiger partial charge in [0.25, 0.3) is 0 Å². The van der Waals surface area contributed by atoms with Crippen LogP contribution < -0.4 is 5.32 Å². The molecule has 0 aliphatic carbocycles. The Labute approximate surface area is 84.4 Å². The average molecular weight is 234 g/mol. The molecule has 0 aromatic carbocycles. The Morgan fingerprint density at radius 3 is 2.92 bits per heavy atom. The van der Waals surface area contributed by atoms with E-state index in [9.17, 15) is 0 Å². The van der Waals surface area contributed by atoms with Crippen molar-refractivity contribution in [3.8, 4) is 0 Å². The summed E-state index contributed by atoms with van der Waals surface area (Å²) in [6.07, 6.45) is 8.16. The van der Waals surface area contributed by atoms with Crippen LogP contribution in [0, 0.1) is 0 Å². The molecule has 1 aliphatic heterocycles. The minimum absolute atomic E-state index is 0.714. The third-order valence-electron chi connectivity index (χ3n) is 2.62. The molecule has 1 aliphatic rings. The quantitative estimate of drug-likeness (QED) is 0.569. The van der Waals surface area contributed by atoms with Crippen molar-refractivity contribution in [2.24, 2.45) is 0 Å². The Hall–Kier alpha value is 0.440. The molecule has 2 heteroatoms. The summed E-state index contributed by atoms with van der Waals surface area (Å²) >= 11 is 3.77. The fourth-order valence-electron chi connectivity index (χ4n) is 1.81. The fourth-order valence-corrected chi connectivity index (χ4v) is 2.59. The van der Waals surface area contributed by atoms with Crippen molar-refractivity contribution in [1.29, 1.82) is 0 Å². The predicted molar refractivity (Wildman–Crippen MR) is 57.9 cm³/mol. The Balaban J connectivity index is 2.05. The fraction of sp³-hybridized carbons (Fsp3) is 1.00. The summed E-state index contributed by atoms with van der Waals surface area (Å²) in [6, 6.07) is 0.752. The summed E-state index contributed by atoms with van der Waals surface area (Å²) in [5.41, 5.74) is 0. The number of halogens is 1. The lowest BCUT2D eigenvalue weighted by Gasteiger charge is -2.17. The van der Waals surface area contributed by atoms with Crippen LogP contribution in [0.5, 0.6) is 0 Å². The molecule has 0 aromatic heterocycles. The standard InChI is InChI=1S/C10H20BrN/c1-2-3-4-6-9(11)10-7-5-8-12-10/h9-10,12H,2-8H2,1H3/t9-,10-/m1/s1. The first-order chi connectivity index (χ1) is 5.84. The van der Waals surface area contributed by atoms with E-state index in [2.05, 4.69) is 28.2 Å². The molecule has 0 bridgehead atoms. The van der Waals surface area contributed by atoms with E-state index in [0.29, 0.717) is 4.83 Å². The molecule has 1 nitrogen and oxygen atoms in total. The van der Waals surface area contributed by atoms with Crippen LogP contribution in [-0.4, -0.2) is 17.4 Å². The first-order valence-corrected chi connectivity index (χ1v) is 6.13. The van der Waals surface area contributed by atoms with E-state index >= 15 is 0 Å². The monoisotopic (exact) mass is 233 g/mol. The molecule has 1 N–H and O–H groups in total. The summed E-state index contributed by atoms with van der Waals surface area (Å²) < 4.78 is 0. The van der Waals surface area contributed by atoms with Crippen molar-refractivity contribution in [2.45, 2.75) is 56.3 Å². The van der Waals surface area contributed by atoms with Crippen LogP contribution in [0.3, 0.4) is 0 Å². The minimum atomic E-state index is 0.714. The highest BCUT2D eigenvalue weighted by Crippen LogP contribution is 2.20. The molecule has 72 valence electrons. The largest absolute Gasteiger partial charge is 0.313 e. The Morgan fingerprint density at radius 1 is 1.50 bits per heavy atom. The SMILES string of the molecule is CCCCC[C@@H](Br)[C@H]1CCCN1. The summed E-state index contributed by atoms with van der Waals surface area (Å²) in [5, 5.41) is 3.54. The Kier molecular flexibility index (Phi) is 5.24. The van der Waals surface area contributed by atoms with Crippen LogP contribution in [0.4, 0.5) is 0 Å². The van der Waals surface area contributed by atoms with Gasteiger partial charge in [-0.2, -0.15) is 0 Å². The van der Waals surface area contributed by atoms with E-state index in [1.165, 1.54) is 45.1 Å². The van der Waals surface area contributed by atoms with Gasteiger partial charge in [-0.1, -0.05) is 42.1 Å². The highest BCUT2D eigenvalue weighted by molar-refractivity contribution is 9.09. The number of alkyl halides is 1. The lowest BCUT2D eigenvalue weighted by atomic mass is 10.1. The van der Waals surface area contributed by atoms with Crippen molar-refractivity contribution in [2.75, 3.05) is 6.54 Å². The highest BCUT2D eigenvalue weighted by Gasteiger charge is 2.21. The van der Waals surface area contributed by atoms with Crippen LogP contribution in [-0.2, 0) is 0 Å². The third-order valence-corrected chi connectivity index (χ3v) is 3.71. The lowest BCUT2D eigenvalue weighted by molar-refractivity contribution is 0.532. The van der Waals surface area contributed by atoms with E-state index < -0.39 is 0 Å². The molecular formula is C10H20BrN. The molecule has 0 unspecified atom stereocenters. The van der Waals surface area contributed by atoms with Gasteiger partial charge in [-0.05, 0) is 25.8 Å². The van der Waals surface area contributed by atoms with E-state index in [0.717, 1.165) is 6.04 Å². The summed E-state index contributed by atoms with van der Waals surface area (Å²) in [6.45, 7) is 3.48. The Bertz CT molecular complexity index is 110. The highest BCUT2D eigenvalue weighted by atomic mass is 79.9. The van der Waals surface area contributed by atoms with Crippen LogP contribution >= 0.6 is 15.9 Å². The zero-order chi connectivity index (χ0) is 8.81. The second-order valence-corrected chi connectivity index (χ2v) is 4.89. The maximum atomic E-state index is 3.77. The normalized spacial score (nSPS) is 26.0. The van der Waals surface area contributed by atoms with Gasteiger partial charge in [-0.3, -0.25) is 0 Å². The molecule has 1 fully saturated rings. The van der Waals surface area contributed by atoms with Crippen LogP contribution in [0.15, 0.2) is 0 Å². The van der Waals surface area contributed by atoms with E-state index in [1.54, 1.807) is 0 Å². The molecule has 12 heavy (non-hydrogen) atoms. The van der Waals surface area contributed by atoms with Crippen LogP contribution in [0.25, 0.3) is 0 Å². The zero-order valence-electron chi connectivity index (χ0n) is 7.98. The lowest BCUT2D eigenvalue weighted by Crippen LogP contribution is -2.30. The van der Waals surface area contributed by atoms with E-state index in [4.69, 9.17) is 0 Å². The molecule has 1 rings (SSSR count). The molecule has 0 amide bonds. The summed E-state index contributed by atoms with van der Waals surface area (Å²) in [4.78, 5) is 0.714. The van der Waals surface area contributed by atoms with Gasteiger partial charge in [0.15, 0.2) is 0 Å². The van der Waals surface area contributed by atoms with Gasteiger partial charge < -0.3 is 5.32 Å². The van der Waals surface area contributed by atoms with Gasteiger partial charge in [0, 0.05) is 10.9 Å². The first kappa shape index (κ1) is 10.5. The van der Waals surface area contributed by atoms with Crippen molar-refractivity contribution in [3.05, 3.63) is 0 Å². The number of unbranched alkanes of at least 4 members (excludes halogenated alkanes) is 2. The molecular weight excluding hydrogens is 214 g/mol. The minimum Gasteiger partial charge on any atom is -0.313 e. The number of hydrogen-bond acceptors (Lipinski definition) is 1. The molecule has 1 heterocycles. The summed E-state index contributed by atoms with van der Waals surface area (Å²) in [7, 11) is 0. The predicted octanol–water partition coefficient (Wildman–Crippen LogP) is 3.08. The smallest absolute Gasteiger partial charge is 0.0299 e. The molecule has 2 atom stereocenters. The van der Waals surface area contributed by atoms with Gasteiger partial charge in [0.05, 0.1) is 0 Å². The number of nitrogens with one attached hydrogen (secondary N) is 1. The van der Waals surface area contributed by atoms with E-state index in [1.807, 2.05) is 0 Å². The maximum absolute atomic E-state index is 3.77. The van der Waals surface area contributed by atoms with Crippen molar-refractivity contribution in [3.63, 3.8) is 0 Å². The molecule has 1 saturated heterocycles. The van der Waals surface area contributed by atoms with Gasteiger partial charge in [-0.25, -0.2) is 0 Å². The number of rotatable bonds is 5. The molecule has 0 aromatic rings. The third kappa shape index (κ3) is 3.44. The average Bonchev–Trinajstić information content (AvgIpc) is 2.56.